The van der Waals surface area contributed by atoms with Crippen molar-refractivity contribution in [2.45, 2.75) is 18.6 Å². The third-order valence-electron chi connectivity index (χ3n) is 3.09. The molecule has 1 aliphatic rings. The van der Waals surface area contributed by atoms with Gasteiger partial charge in [0.25, 0.3) is 0 Å². The fourth-order valence-corrected chi connectivity index (χ4v) is 2.00. The molecule has 1 aromatic rings. The molecular formula is C14H21NO3. The SMILES string of the molecule is CC(O)(COCC1CNCCO1)c1ccccc1. The van der Waals surface area contributed by atoms with Crippen LogP contribution in [0, 0.1) is 0 Å². The highest BCUT2D eigenvalue weighted by atomic mass is 16.5. The van der Waals surface area contributed by atoms with Crippen LogP contribution in [0.5, 0.6) is 0 Å². The smallest absolute Gasteiger partial charge is 0.110 e. The van der Waals surface area contributed by atoms with Gasteiger partial charge in [0.1, 0.15) is 5.60 Å². The first-order valence-electron chi connectivity index (χ1n) is 6.36. The van der Waals surface area contributed by atoms with E-state index in [0.29, 0.717) is 6.61 Å². The standard InChI is InChI=1S/C14H21NO3/c1-14(16,12-5-3-2-4-6-12)11-17-10-13-9-15-7-8-18-13/h2-6,13,15-16H,7-11H2,1H3. The van der Waals surface area contributed by atoms with E-state index in [1.54, 1.807) is 6.92 Å². The maximum atomic E-state index is 10.3. The quantitative estimate of drug-likeness (QED) is 0.816. The van der Waals surface area contributed by atoms with Crippen molar-refractivity contribution >= 4 is 0 Å². The van der Waals surface area contributed by atoms with E-state index in [0.717, 1.165) is 25.3 Å². The zero-order valence-corrected chi connectivity index (χ0v) is 10.8. The summed E-state index contributed by atoms with van der Waals surface area (Å²) >= 11 is 0. The predicted octanol–water partition coefficient (Wildman–Crippen LogP) is 0.899. The van der Waals surface area contributed by atoms with E-state index < -0.39 is 5.60 Å². The predicted molar refractivity (Wildman–Crippen MR) is 69.4 cm³/mol. The molecule has 2 rings (SSSR count). The molecule has 1 fully saturated rings. The Morgan fingerprint density at radius 3 is 2.89 bits per heavy atom. The van der Waals surface area contributed by atoms with Gasteiger partial charge in [0.05, 0.1) is 25.9 Å². The number of aliphatic hydroxyl groups is 1. The number of hydrogen-bond donors (Lipinski definition) is 2. The first kappa shape index (κ1) is 13.5. The molecule has 1 aliphatic heterocycles. The molecule has 0 spiro atoms. The van der Waals surface area contributed by atoms with Gasteiger partial charge in [-0.2, -0.15) is 0 Å². The van der Waals surface area contributed by atoms with E-state index in [4.69, 9.17) is 9.47 Å². The third-order valence-corrected chi connectivity index (χ3v) is 3.09. The molecule has 1 saturated heterocycles. The van der Waals surface area contributed by atoms with E-state index in [-0.39, 0.29) is 12.7 Å². The molecule has 0 aromatic heterocycles. The van der Waals surface area contributed by atoms with Crippen LogP contribution in [0.4, 0.5) is 0 Å². The second-order valence-electron chi connectivity index (χ2n) is 4.85. The zero-order chi connectivity index (χ0) is 12.8. The van der Waals surface area contributed by atoms with Crippen LogP contribution in [0.2, 0.25) is 0 Å². The molecule has 0 aliphatic carbocycles. The summed E-state index contributed by atoms with van der Waals surface area (Å²) < 4.78 is 11.1. The van der Waals surface area contributed by atoms with Gasteiger partial charge < -0.3 is 19.9 Å². The van der Waals surface area contributed by atoms with Gasteiger partial charge in [-0.25, -0.2) is 0 Å². The fourth-order valence-electron chi connectivity index (χ4n) is 2.00. The molecule has 1 aromatic carbocycles. The van der Waals surface area contributed by atoms with Crippen LogP contribution >= 0.6 is 0 Å². The van der Waals surface area contributed by atoms with Gasteiger partial charge >= 0.3 is 0 Å². The number of benzene rings is 1. The fraction of sp³-hybridized carbons (Fsp3) is 0.571. The Kier molecular flexibility index (Phi) is 4.72. The monoisotopic (exact) mass is 251 g/mol. The number of ether oxygens (including phenoxy) is 2. The second kappa shape index (κ2) is 6.29. The maximum absolute atomic E-state index is 10.3. The van der Waals surface area contributed by atoms with Crippen molar-refractivity contribution in [1.29, 1.82) is 0 Å². The molecule has 18 heavy (non-hydrogen) atoms. The minimum absolute atomic E-state index is 0.0883. The Morgan fingerprint density at radius 1 is 1.44 bits per heavy atom. The number of hydrogen-bond acceptors (Lipinski definition) is 4. The third kappa shape index (κ3) is 3.78. The molecule has 0 amide bonds. The van der Waals surface area contributed by atoms with Gasteiger partial charge in [-0.05, 0) is 12.5 Å². The van der Waals surface area contributed by atoms with Gasteiger partial charge in [0.15, 0.2) is 0 Å². The molecule has 2 N–H and O–H groups in total. The average molecular weight is 251 g/mol. The molecular weight excluding hydrogens is 230 g/mol. The number of morpholine rings is 1. The van der Waals surface area contributed by atoms with Crippen LogP contribution in [0.1, 0.15) is 12.5 Å². The normalized spacial score (nSPS) is 23.6. The van der Waals surface area contributed by atoms with Crippen molar-refractivity contribution in [3.63, 3.8) is 0 Å². The van der Waals surface area contributed by atoms with Crippen LogP contribution in [-0.4, -0.2) is 44.1 Å². The van der Waals surface area contributed by atoms with Gasteiger partial charge in [0.2, 0.25) is 0 Å². The Hall–Kier alpha value is -0.940. The van der Waals surface area contributed by atoms with Crippen LogP contribution in [-0.2, 0) is 15.1 Å². The summed E-state index contributed by atoms with van der Waals surface area (Å²) in [7, 11) is 0. The van der Waals surface area contributed by atoms with Crippen molar-refractivity contribution in [1.82, 2.24) is 5.32 Å². The molecule has 1 heterocycles. The van der Waals surface area contributed by atoms with Crippen molar-refractivity contribution in [3.05, 3.63) is 35.9 Å². The van der Waals surface area contributed by atoms with E-state index in [1.165, 1.54) is 0 Å². The largest absolute Gasteiger partial charge is 0.383 e. The zero-order valence-electron chi connectivity index (χ0n) is 10.8. The highest BCUT2D eigenvalue weighted by molar-refractivity contribution is 5.21. The molecule has 2 atom stereocenters. The van der Waals surface area contributed by atoms with Crippen LogP contribution in [0.3, 0.4) is 0 Å². The van der Waals surface area contributed by atoms with E-state index in [1.807, 2.05) is 30.3 Å². The Labute approximate surface area is 108 Å². The van der Waals surface area contributed by atoms with Gasteiger partial charge in [-0.15, -0.1) is 0 Å². The Morgan fingerprint density at radius 2 is 2.22 bits per heavy atom. The average Bonchev–Trinajstić information content (AvgIpc) is 2.41. The van der Waals surface area contributed by atoms with Gasteiger partial charge in [0, 0.05) is 13.1 Å². The van der Waals surface area contributed by atoms with Crippen molar-refractivity contribution in [2.24, 2.45) is 0 Å². The van der Waals surface area contributed by atoms with Crippen molar-refractivity contribution in [3.8, 4) is 0 Å². The van der Waals surface area contributed by atoms with Gasteiger partial charge in [-0.3, -0.25) is 0 Å². The lowest BCUT2D eigenvalue weighted by Gasteiger charge is -2.27. The van der Waals surface area contributed by atoms with Crippen molar-refractivity contribution < 1.29 is 14.6 Å². The molecule has 0 bridgehead atoms. The summed E-state index contributed by atoms with van der Waals surface area (Å²) in [5, 5.41) is 13.6. The Bertz CT molecular complexity index is 347. The lowest BCUT2D eigenvalue weighted by molar-refractivity contribution is -0.0796. The minimum atomic E-state index is -0.955. The number of nitrogens with one attached hydrogen (secondary N) is 1. The van der Waals surface area contributed by atoms with Crippen LogP contribution in [0.15, 0.2) is 30.3 Å². The number of rotatable bonds is 5. The molecule has 4 heteroatoms. The second-order valence-corrected chi connectivity index (χ2v) is 4.85. The summed E-state index contributed by atoms with van der Waals surface area (Å²) in [5.41, 5.74) is -0.0868. The highest BCUT2D eigenvalue weighted by Crippen LogP contribution is 2.20. The molecule has 100 valence electrons. The summed E-state index contributed by atoms with van der Waals surface area (Å²) in [4.78, 5) is 0. The minimum Gasteiger partial charge on any atom is -0.383 e. The molecule has 2 unspecified atom stereocenters. The van der Waals surface area contributed by atoms with E-state index in [2.05, 4.69) is 5.32 Å². The Balaban J connectivity index is 1.78. The summed E-state index contributed by atoms with van der Waals surface area (Å²) in [6.45, 7) is 4.99. The van der Waals surface area contributed by atoms with Crippen LogP contribution < -0.4 is 5.32 Å². The first-order valence-corrected chi connectivity index (χ1v) is 6.36. The van der Waals surface area contributed by atoms with Gasteiger partial charge in [-0.1, -0.05) is 30.3 Å². The van der Waals surface area contributed by atoms with E-state index in [9.17, 15) is 5.11 Å². The maximum Gasteiger partial charge on any atom is 0.110 e. The van der Waals surface area contributed by atoms with E-state index >= 15 is 0 Å². The molecule has 4 nitrogen and oxygen atoms in total. The lowest BCUT2D eigenvalue weighted by atomic mass is 9.97. The molecule has 0 radical (unpaired) electrons. The highest BCUT2D eigenvalue weighted by Gasteiger charge is 2.24. The van der Waals surface area contributed by atoms with Crippen LogP contribution in [0.25, 0.3) is 0 Å². The van der Waals surface area contributed by atoms with Crippen molar-refractivity contribution in [2.75, 3.05) is 32.9 Å². The first-order chi connectivity index (χ1) is 8.68. The summed E-state index contributed by atoms with van der Waals surface area (Å²) in [5.74, 6) is 0. The topological polar surface area (TPSA) is 50.7 Å². The lowest BCUT2D eigenvalue weighted by Crippen LogP contribution is -2.41. The molecule has 0 saturated carbocycles. The summed E-state index contributed by atoms with van der Waals surface area (Å²) in [6, 6.07) is 9.57. The summed E-state index contributed by atoms with van der Waals surface area (Å²) in [6.07, 6.45) is 0.0883.